The molecule has 0 amide bonds. The van der Waals surface area contributed by atoms with Crippen molar-refractivity contribution in [3.8, 4) is 5.69 Å². The molecular weight excluding hydrogens is 303 g/mol. The van der Waals surface area contributed by atoms with Crippen molar-refractivity contribution in [3.63, 3.8) is 0 Å². The Morgan fingerprint density at radius 1 is 1.33 bits per heavy atom. The van der Waals surface area contributed by atoms with Gasteiger partial charge in [0.1, 0.15) is 0 Å². The van der Waals surface area contributed by atoms with Gasteiger partial charge in [-0.15, -0.1) is 11.3 Å². The maximum Gasteiger partial charge on any atom is 0.434 e. The van der Waals surface area contributed by atoms with Crippen LogP contribution in [0.25, 0.3) is 15.9 Å². The van der Waals surface area contributed by atoms with Crippen molar-refractivity contribution >= 4 is 27.3 Å². The third kappa shape index (κ3) is 2.21. The first-order chi connectivity index (χ1) is 9.89. The predicted molar refractivity (Wildman–Crippen MR) is 71.7 cm³/mol. The average molecular weight is 311 g/mol. The highest BCUT2D eigenvalue weighted by molar-refractivity contribution is 7.17. The highest BCUT2D eigenvalue weighted by Crippen LogP contribution is 2.35. The number of halogens is 3. The molecule has 108 valence electrons. The maximum absolute atomic E-state index is 13.3. The van der Waals surface area contributed by atoms with E-state index in [0.29, 0.717) is 10.2 Å². The van der Waals surface area contributed by atoms with Crippen molar-refractivity contribution in [2.24, 2.45) is 0 Å². The number of fused-ring (bicyclic) bond motifs is 1. The van der Waals surface area contributed by atoms with Crippen molar-refractivity contribution in [1.82, 2.24) is 14.8 Å². The van der Waals surface area contributed by atoms with Gasteiger partial charge in [0.05, 0.1) is 33.2 Å². The van der Waals surface area contributed by atoms with Crippen LogP contribution in [0.15, 0.2) is 29.9 Å². The molecule has 0 aliphatic rings. The molecule has 0 saturated carbocycles. The molecule has 4 nitrogen and oxygen atoms in total. The van der Waals surface area contributed by atoms with Crippen molar-refractivity contribution in [1.29, 1.82) is 0 Å². The van der Waals surface area contributed by atoms with Crippen LogP contribution in [-0.4, -0.2) is 20.5 Å². The Balaban J connectivity index is 2.33. The molecule has 2 aromatic heterocycles. The van der Waals surface area contributed by atoms with Gasteiger partial charge in [-0.25, -0.2) is 9.67 Å². The molecule has 0 aliphatic heterocycles. The first-order valence-corrected chi connectivity index (χ1v) is 6.76. The Hall–Kier alpha value is -2.22. The van der Waals surface area contributed by atoms with Crippen LogP contribution in [0.1, 0.15) is 23.0 Å². The average Bonchev–Trinajstić information content (AvgIpc) is 3.04. The Labute approximate surface area is 120 Å². The van der Waals surface area contributed by atoms with Crippen LogP contribution in [0.4, 0.5) is 13.2 Å². The number of hydrogen-bond donors (Lipinski definition) is 0. The van der Waals surface area contributed by atoms with Gasteiger partial charge < -0.3 is 0 Å². The number of carbonyl (C=O) groups is 1. The normalized spacial score (nSPS) is 12.0. The summed E-state index contributed by atoms with van der Waals surface area (Å²) < 4.78 is 41.2. The minimum atomic E-state index is -4.68. The Bertz CT molecular complexity index is 835. The second-order valence-corrected chi connectivity index (χ2v) is 5.21. The molecule has 0 atom stereocenters. The van der Waals surface area contributed by atoms with E-state index in [2.05, 4.69) is 10.1 Å². The number of aromatic nitrogens is 3. The number of ketones is 1. The molecule has 0 saturated heterocycles. The molecule has 0 fully saturated rings. The molecule has 3 aromatic rings. The van der Waals surface area contributed by atoms with Crippen molar-refractivity contribution < 1.29 is 18.0 Å². The van der Waals surface area contributed by atoms with Crippen LogP contribution < -0.4 is 0 Å². The van der Waals surface area contributed by atoms with E-state index in [0.717, 1.165) is 17.8 Å². The number of rotatable bonds is 2. The summed E-state index contributed by atoms with van der Waals surface area (Å²) in [4.78, 5) is 15.5. The zero-order chi connectivity index (χ0) is 15.2. The molecule has 0 aliphatic carbocycles. The van der Waals surface area contributed by atoms with Crippen LogP contribution in [0.5, 0.6) is 0 Å². The molecule has 1 aromatic carbocycles. The van der Waals surface area contributed by atoms with E-state index in [1.165, 1.54) is 17.4 Å². The third-order valence-corrected chi connectivity index (χ3v) is 3.85. The summed E-state index contributed by atoms with van der Waals surface area (Å²) in [5.41, 5.74) is 0.900. The van der Waals surface area contributed by atoms with Crippen LogP contribution in [-0.2, 0) is 6.18 Å². The second-order valence-electron chi connectivity index (χ2n) is 4.35. The summed E-state index contributed by atoms with van der Waals surface area (Å²) in [7, 11) is 0. The smallest absolute Gasteiger partial charge is 0.294 e. The zero-order valence-electron chi connectivity index (χ0n) is 10.7. The standard InChI is InChI=1S/C13H8F3N3OS/c1-7(20)8-5-18-19(12(8)13(14,15)16)10-4-2-3-9-11(10)21-6-17-9/h2-6H,1H3. The number of alkyl halides is 3. The molecule has 0 N–H and O–H groups in total. The van der Waals surface area contributed by atoms with Gasteiger partial charge in [0.25, 0.3) is 0 Å². The minimum Gasteiger partial charge on any atom is -0.294 e. The van der Waals surface area contributed by atoms with E-state index in [1.54, 1.807) is 17.6 Å². The molecule has 0 unspecified atom stereocenters. The summed E-state index contributed by atoms with van der Waals surface area (Å²) in [6.45, 7) is 1.09. The van der Waals surface area contributed by atoms with Gasteiger partial charge in [-0.05, 0) is 19.1 Å². The lowest BCUT2D eigenvalue weighted by molar-refractivity contribution is -0.143. The molecule has 2 heterocycles. The topological polar surface area (TPSA) is 47.8 Å². The Kier molecular flexibility index (Phi) is 3.05. The summed E-state index contributed by atoms with van der Waals surface area (Å²) in [6, 6.07) is 4.83. The highest BCUT2D eigenvalue weighted by Gasteiger charge is 2.40. The molecule has 3 rings (SSSR count). The van der Waals surface area contributed by atoms with Gasteiger partial charge in [-0.3, -0.25) is 4.79 Å². The van der Waals surface area contributed by atoms with Crippen LogP contribution >= 0.6 is 11.3 Å². The Morgan fingerprint density at radius 2 is 2.10 bits per heavy atom. The van der Waals surface area contributed by atoms with Crippen molar-refractivity contribution in [3.05, 3.63) is 41.2 Å². The summed E-state index contributed by atoms with van der Waals surface area (Å²) in [6.07, 6.45) is -3.73. The SMILES string of the molecule is CC(=O)c1cnn(-c2cccc3ncsc23)c1C(F)(F)F. The molecular formula is C13H8F3N3OS. The molecule has 8 heteroatoms. The number of carbonyl (C=O) groups excluding carboxylic acids is 1. The van der Waals surface area contributed by atoms with Crippen LogP contribution in [0.3, 0.4) is 0 Å². The van der Waals surface area contributed by atoms with Gasteiger partial charge in [-0.1, -0.05) is 6.07 Å². The lowest BCUT2D eigenvalue weighted by atomic mass is 10.1. The maximum atomic E-state index is 13.3. The van der Waals surface area contributed by atoms with Gasteiger partial charge in [0, 0.05) is 0 Å². The molecule has 0 radical (unpaired) electrons. The first-order valence-electron chi connectivity index (χ1n) is 5.88. The van der Waals surface area contributed by atoms with E-state index in [9.17, 15) is 18.0 Å². The van der Waals surface area contributed by atoms with Crippen LogP contribution in [0, 0.1) is 0 Å². The summed E-state index contributed by atoms with van der Waals surface area (Å²) >= 11 is 1.22. The zero-order valence-corrected chi connectivity index (χ0v) is 11.5. The van der Waals surface area contributed by atoms with E-state index in [1.807, 2.05) is 0 Å². The monoisotopic (exact) mass is 311 g/mol. The fourth-order valence-corrected chi connectivity index (χ4v) is 2.89. The quantitative estimate of drug-likeness (QED) is 0.678. The number of benzene rings is 1. The fraction of sp³-hybridized carbons (Fsp3) is 0.154. The minimum absolute atomic E-state index is 0.259. The molecule has 0 bridgehead atoms. The highest BCUT2D eigenvalue weighted by atomic mass is 32.1. The molecule has 21 heavy (non-hydrogen) atoms. The summed E-state index contributed by atoms with van der Waals surface area (Å²) in [5.74, 6) is -0.676. The fourth-order valence-electron chi connectivity index (χ4n) is 2.10. The van der Waals surface area contributed by atoms with E-state index < -0.39 is 23.2 Å². The predicted octanol–water partition coefficient (Wildman–Crippen LogP) is 3.70. The van der Waals surface area contributed by atoms with Crippen molar-refractivity contribution in [2.45, 2.75) is 13.1 Å². The second kappa shape index (κ2) is 4.66. The van der Waals surface area contributed by atoms with E-state index >= 15 is 0 Å². The largest absolute Gasteiger partial charge is 0.434 e. The lowest BCUT2D eigenvalue weighted by Gasteiger charge is -2.12. The van der Waals surface area contributed by atoms with Crippen LogP contribution in [0.2, 0.25) is 0 Å². The Morgan fingerprint density at radius 3 is 2.76 bits per heavy atom. The van der Waals surface area contributed by atoms with E-state index in [-0.39, 0.29) is 5.69 Å². The summed E-state index contributed by atoms with van der Waals surface area (Å²) in [5, 5.41) is 3.76. The van der Waals surface area contributed by atoms with Gasteiger partial charge in [0.2, 0.25) is 0 Å². The lowest BCUT2D eigenvalue weighted by Crippen LogP contribution is -2.16. The van der Waals surface area contributed by atoms with E-state index in [4.69, 9.17) is 0 Å². The number of nitrogens with zero attached hydrogens (tertiary/aromatic N) is 3. The number of hydrogen-bond acceptors (Lipinski definition) is 4. The van der Waals surface area contributed by atoms with Gasteiger partial charge in [-0.2, -0.15) is 18.3 Å². The molecule has 0 spiro atoms. The number of Topliss-reactive ketones (excluding diaryl/α,β-unsaturated/α-hetero) is 1. The van der Waals surface area contributed by atoms with Crippen molar-refractivity contribution in [2.75, 3.05) is 0 Å². The van der Waals surface area contributed by atoms with Gasteiger partial charge >= 0.3 is 6.18 Å². The van der Waals surface area contributed by atoms with Gasteiger partial charge in [0.15, 0.2) is 11.5 Å². The number of thiazole rings is 1. The first kappa shape index (κ1) is 13.7. The third-order valence-electron chi connectivity index (χ3n) is 2.98.